The molecule has 1 aromatic rings. The third-order valence-electron chi connectivity index (χ3n) is 4.39. The van der Waals surface area contributed by atoms with Gasteiger partial charge < -0.3 is 10.2 Å². The summed E-state index contributed by atoms with van der Waals surface area (Å²) in [5, 5.41) is 3.50. The van der Waals surface area contributed by atoms with Crippen LogP contribution < -0.4 is 5.32 Å². The third kappa shape index (κ3) is 3.23. The Hall–Kier alpha value is -1.49. The quantitative estimate of drug-likeness (QED) is 0.924. The number of hydrogen-bond acceptors (Lipinski definition) is 4. The van der Waals surface area contributed by atoms with Crippen molar-refractivity contribution < 1.29 is 4.79 Å². The Labute approximate surface area is 126 Å². The van der Waals surface area contributed by atoms with Gasteiger partial charge in [0.2, 0.25) is 5.91 Å². The Morgan fingerprint density at radius 2 is 2.38 bits per heavy atom. The van der Waals surface area contributed by atoms with Gasteiger partial charge in [-0.05, 0) is 25.8 Å². The molecule has 0 aromatic carbocycles. The molecule has 114 valence electrons. The van der Waals surface area contributed by atoms with Gasteiger partial charge in [0, 0.05) is 37.7 Å². The fraction of sp³-hybridized carbons (Fsp3) is 0.688. The molecule has 3 rings (SSSR count). The Morgan fingerprint density at radius 3 is 3.14 bits per heavy atom. The molecule has 2 aliphatic rings. The van der Waals surface area contributed by atoms with Gasteiger partial charge in [-0.15, -0.1) is 0 Å². The Morgan fingerprint density at radius 1 is 1.48 bits per heavy atom. The molecule has 5 heteroatoms. The van der Waals surface area contributed by atoms with E-state index in [1.165, 1.54) is 12.8 Å². The molecule has 5 nitrogen and oxygen atoms in total. The molecular formula is C16H24N4O. The molecule has 1 amide bonds. The molecule has 0 spiro atoms. The van der Waals surface area contributed by atoms with Gasteiger partial charge in [0.1, 0.15) is 5.82 Å². The first-order valence-corrected chi connectivity index (χ1v) is 8.13. The van der Waals surface area contributed by atoms with Crippen LogP contribution in [0.3, 0.4) is 0 Å². The highest BCUT2D eigenvalue weighted by molar-refractivity contribution is 5.76. The normalized spacial score (nSPS) is 22.0. The summed E-state index contributed by atoms with van der Waals surface area (Å²) in [5.74, 6) is 1.18. The zero-order chi connectivity index (χ0) is 14.7. The average Bonchev–Trinajstić information content (AvgIpc) is 2.55. The van der Waals surface area contributed by atoms with Crippen LogP contribution in [0.1, 0.15) is 62.2 Å². The molecule has 21 heavy (non-hydrogen) atoms. The van der Waals surface area contributed by atoms with Crippen LogP contribution in [0.4, 0.5) is 0 Å². The lowest BCUT2D eigenvalue weighted by molar-refractivity contribution is -0.132. The summed E-state index contributed by atoms with van der Waals surface area (Å²) in [6, 6.07) is 0.309. The lowest BCUT2D eigenvalue weighted by atomic mass is 10.0. The summed E-state index contributed by atoms with van der Waals surface area (Å²) in [7, 11) is 0. The molecule has 1 atom stereocenters. The molecule has 1 unspecified atom stereocenters. The predicted molar refractivity (Wildman–Crippen MR) is 80.7 cm³/mol. The van der Waals surface area contributed by atoms with E-state index in [1.54, 1.807) is 0 Å². The van der Waals surface area contributed by atoms with Crippen LogP contribution in [-0.2, 0) is 17.8 Å². The van der Waals surface area contributed by atoms with Gasteiger partial charge in [-0.3, -0.25) is 4.79 Å². The Balaban J connectivity index is 1.71. The minimum absolute atomic E-state index is 0.251. The molecule has 0 radical (unpaired) electrons. The maximum atomic E-state index is 12.0. The fourth-order valence-electron chi connectivity index (χ4n) is 3.16. The molecule has 0 aliphatic carbocycles. The van der Waals surface area contributed by atoms with Crippen molar-refractivity contribution in [3.05, 3.63) is 23.3 Å². The van der Waals surface area contributed by atoms with E-state index < -0.39 is 0 Å². The number of amides is 1. The molecule has 2 aliphatic heterocycles. The number of nitrogens with one attached hydrogen (secondary N) is 1. The first kappa shape index (κ1) is 14.4. The second kappa shape index (κ2) is 6.52. The van der Waals surface area contributed by atoms with Crippen molar-refractivity contribution in [2.45, 2.75) is 58.0 Å². The van der Waals surface area contributed by atoms with Crippen LogP contribution >= 0.6 is 0 Å². The van der Waals surface area contributed by atoms with E-state index in [0.717, 1.165) is 49.4 Å². The van der Waals surface area contributed by atoms with Crippen molar-refractivity contribution in [3.8, 4) is 0 Å². The van der Waals surface area contributed by atoms with Gasteiger partial charge in [0.15, 0.2) is 0 Å². The van der Waals surface area contributed by atoms with Gasteiger partial charge in [-0.1, -0.05) is 13.3 Å². The maximum absolute atomic E-state index is 12.0. The molecular weight excluding hydrogens is 264 g/mol. The second-order valence-corrected chi connectivity index (χ2v) is 6.02. The number of carbonyl (C=O) groups is 1. The number of rotatable bonds is 3. The lowest BCUT2D eigenvalue weighted by Gasteiger charge is -2.29. The SMILES string of the molecule is CCCC(=O)N1CCc2nc(C3CCCCN3)ncc2C1. The van der Waals surface area contributed by atoms with Crippen LogP contribution in [0.2, 0.25) is 0 Å². The van der Waals surface area contributed by atoms with E-state index in [0.29, 0.717) is 19.0 Å². The zero-order valence-corrected chi connectivity index (χ0v) is 12.8. The van der Waals surface area contributed by atoms with Crippen molar-refractivity contribution in [1.29, 1.82) is 0 Å². The highest BCUT2D eigenvalue weighted by Gasteiger charge is 2.24. The van der Waals surface area contributed by atoms with Gasteiger partial charge in [-0.2, -0.15) is 0 Å². The highest BCUT2D eigenvalue weighted by atomic mass is 16.2. The number of piperidine rings is 1. The van der Waals surface area contributed by atoms with Gasteiger partial charge in [0.05, 0.1) is 11.7 Å². The second-order valence-electron chi connectivity index (χ2n) is 6.02. The van der Waals surface area contributed by atoms with Crippen molar-refractivity contribution in [3.63, 3.8) is 0 Å². The largest absolute Gasteiger partial charge is 0.338 e. The zero-order valence-electron chi connectivity index (χ0n) is 12.8. The lowest BCUT2D eigenvalue weighted by Crippen LogP contribution is -2.37. The number of carbonyl (C=O) groups excluding carboxylic acids is 1. The molecule has 1 fully saturated rings. The van der Waals surface area contributed by atoms with E-state index in [2.05, 4.69) is 10.3 Å². The van der Waals surface area contributed by atoms with Crippen LogP contribution in [0.5, 0.6) is 0 Å². The summed E-state index contributed by atoms with van der Waals surface area (Å²) in [6.07, 6.45) is 7.95. The van der Waals surface area contributed by atoms with Gasteiger partial charge in [0.25, 0.3) is 0 Å². The predicted octanol–water partition coefficient (Wildman–Crippen LogP) is 1.98. The summed E-state index contributed by atoms with van der Waals surface area (Å²) in [4.78, 5) is 23.2. The summed E-state index contributed by atoms with van der Waals surface area (Å²) < 4.78 is 0. The van der Waals surface area contributed by atoms with Crippen molar-refractivity contribution in [2.75, 3.05) is 13.1 Å². The first-order valence-electron chi connectivity index (χ1n) is 8.13. The number of fused-ring (bicyclic) bond motifs is 1. The van der Waals surface area contributed by atoms with Crippen LogP contribution in [-0.4, -0.2) is 33.9 Å². The molecule has 1 saturated heterocycles. The fourth-order valence-corrected chi connectivity index (χ4v) is 3.16. The van der Waals surface area contributed by atoms with Crippen LogP contribution in [0, 0.1) is 0 Å². The van der Waals surface area contributed by atoms with Crippen molar-refractivity contribution in [2.24, 2.45) is 0 Å². The first-order chi connectivity index (χ1) is 10.3. The monoisotopic (exact) mass is 288 g/mol. The molecule has 3 heterocycles. The Bertz CT molecular complexity index is 511. The summed E-state index contributed by atoms with van der Waals surface area (Å²) in [6.45, 7) is 4.57. The topological polar surface area (TPSA) is 58.1 Å². The van der Waals surface area contributed by atoms with Crippen molar-refractivity contribution >= 4 is 5.91 Å². The highest BCUT2D eigenvalue weighted by Crippen LogP contribution is 2.23. The minimum Gasteiger partial charge on any atom is -0.338 e. The van der Waals surface area contributed by atoms with E-state index in [9.17, 15) is 4.79 Å². The van der Waals surface area contributed by atoms with Gasteiger partial charge in [-0.25, -0.2) is 9.97 Å². The molecule has 1 N–H and O–H groups in total. The smallest absolute Gasteiger partial charge is 0.222 e. The third-order valence-corrected chi connectivity index (χ3v) is 4.39. The van der Waals surface area contributed by atoms with E-state index in [1.807, 2.05) is 18.0 Å². The summed E-state index contributed by atoms with van der Waals surface area (Å²) >= 11 is 0. The van der Waals surface area contributed by atoms with Crippen LogP contribution in [0.25, 0.3) is 0 Å². The molecule has 0 saturated carbocycles. The molecule has 1 aromatic heterocycles. The summed E-state index contributed by atoms with van der Waals surface area (Å²) in [5.41, 5.74) is 2.25. The average molecular weight is 288 g/mol. The maximum Gasteiger partial charge on any atom is 0.222 e. The molecule has 0 bridgehead atoms. The standard InChI is InChI=1S/C16H24N4O/c1-2-5-15(21)20-9-7-13-12(11-20)10-18-16(19-13)14-6-3-4-8-17-14/h10,14,17H,2-9,11H2,1H3. The minimum atomic E-state index is 0.251. The van der Waals surface area contributed by atoms with E-state index >= 15 is 0 Å². The van der Waals surface area contributed by atoms with Crippen molar-refractivity contribution in [1.82, 2.24) is 20.2 Å². The number of nitrogens with zero attached hydrogens (tertiary/aromatic N) is 3. The number of aromatic nitrogens is 2. The van der Waals surface area contributed by atoms with E-state index in [4.69, 9.17) is 4.98 Å². The van der Waals surface area contributed by atoms with E-state index in [-0.39, 0.29) is 5.91 Å². The number of hydrogen-bond donors (Lipinski definition) is 1. The Kier molecular flexibility index (Phi) is 4.48. The van der Waals surface area contributed by atoms with Crippen LogP contribution in [0.15, 0.2) is 6.20 Å². The van der Waals surface area contributed by atoms with Gasteiger partial charge >= 0.3 is 0 Å².